The van der Waals surface area contributed by atoms with Gasteiger partial charge in [-0.25, -0.2) is 4.39 Å². The van der Waals surface area contributed by atoms with E-state index in [1.807, 2.05) is 0 Å². The number of hydrogen-bond donors (Lipinski definition) is 1. The first-order chi connectivity index (χ1) is 8.65. The van der Waals surface area contributed by atoms with Gasteiger partial charge in [0.1, 0.15) is 5.82 Å². The summed E-state index contributed by atoms with van der Waals surface area (Å²) < 4.78 is 18.5. The van der Waals surface area contributed by atoms with Crippen molar-refractivity contribution in [2.75, 3.05) is 19.7 Å². The highest BCUT2D eigenvalue weighted by atomic mass is 35.5. The number of carbonyl (C=O) groups is 1. The first-order valence-corrected chi connectivity index (χ1v) is 6.34. The van der Waals surface area contributed by atoms with Crippen molar-refractivity contribution < 1.29 is 13.9 Å². The van der Waals surface area contributed by atoms with Crippen LogP contribution >= 0.6 is 11.6 Å². The Bertz CT molecular complexity index is 453. The molecule has 1 aromatic carbocycles. The van der Waals surface area contributed by atoms with E-state index in [-0.39, 0.29) is 22.8 Å². The third kappa shape index (κ3) is 2.49. The molecule has 2 rings (SSSR count). The Labute approximate surface area is 110 Å². The maximum Gasteiger partial charge on any atom is 0.310 e. The molecule has 0 unspecified atom stereocenters. The van der Waals surface area contributed by atoms with Crippen LogP contribution in [0.3, 0.4) is 0 Å². The Kier molecular flexibility index (Phi) is 4.19. The van der Waals surface area contributed by atoms with Crippen LogP contribution in [0.5, 0.6) is 0 Å². The Morgan fingerprint density at radius 3 is 3.06 bits per heavy atom. The van der Waals surface area contributed by atoms with E-state index in [9.17, 15) is 9.18 Å². The Balaban J connectivity index is 2.26. The van der Waals surface area contributed by atoms with Crippen molar-refractivity contribution in [1.29, 1.82) is 0 Å². The molecule has 18 heavy (non-hydrogen) atoms. The van der Waals surface area contributed by atoms with E-state index in [1.54, 1.807) is 19.1 Å². The Hall–Kier alpha value is -1.13. The molecule has 1 aliphatic heterocycles. The fraction of sp³-hybridized carbons (Fsp3) is 0.462. The third-order valence-electron chi connectivity index (χ3n) is 3.18. The summed E-state index contributed by atoms with van der Waals surface area (Å²) in [5.41, 5.74) is 0.666. The zero-order chi connectivity index (χ0) is 13.1. The molecule has 1 heterocycles. The average Bonchev–Trinajstić information content (AvgIpc) is 2.82. The van der Waals surface area contributed by atoms with E-state index < -0.39 is 5.82 Å². The lowest BCUT2D eigenvalue weighted by Gasteiger charge is -2.18. The fourth-order valence-corrected chi connectivity index (χ4v) is 2.58. The summed E-state index contributed by atoms with van der Waals surface area (Å²) >= 11 is 5.97. The highest BCUT2D eigenvalue weighted by molar-refractivity contribution is 6.31. The van der Waals surface area contributed by atoms with Gasteiger partial charge in [-0.05, 0) is 18.6 Å². The van der Waals surface area contributed by atoms with Crippen LogP contribution in [0.25, 0.3) is 0 Å². The predicted molar refractivity (Wildman–Crippen MR) is 67.1 cm³/mol. The van der Waals surface area contributed by atoms with Gasteiger partial charge in [-0.2, -0.15) is 0 Å². The van der Waals surface area contributed by atoms with Gasteiger partial charge in [0.15, 0.2) is 0 Å². The standard InChI is InChI=1S/C13H15ClFNO2/c1-2-18-13(17)10-7-16-6-9(10)8-4-3-5-11(15)12(8)14/h3-5,9-10,16H,2,6-7H2,1H3/t9-,10-/m1/s1. The minimum atomic E-state index is -0.455. The lowest BCUT2D eigenvalue weighted by molar-refractivity contribution is -0.147. The van der Waals surface area contributed by atoms with Crippen LogP contribution in [-0.4, -0.2) is 25.7 Å². The van der Waals surface area contributed by atoms with Crippen LogP contribution in [0.2, 0.25) is 5.02 Å². The van der Waals surface area contributed by atoms with Crippen LogP contribution in [0.4, 0.5) is 4.39 Å². The van der Waals surface area contributed by atoms with Crippen LogP contribution < -0.4 is 5.32 Å². The second-order valence-corrected chi connectivity index (χ2v) is 4.64. The van der Waals surface area contributed by atoms with E-state index in [0.717, 1.165) is 0 Å². The summed E-state index contributed by atoms with van der Waals surface area (Å²) in [6.07, 6.45) is 0. The van der Waals surface area contributed by atoms with Crippen molar-refractivity contribution in [2.45, 2.75) is 12.8 Å². The minimum absolute atomic E-state index is 0.0977. The summed E-state index contributed by atoms with van der Waals surface area (Å²) in [6, 6.07) is 4.68. The molecule has 0 aromatic heterocycles. The summed E-state index contributed by atoms with van der Waals surface area (Å²) in [5.74, 6) is -1.15. The predicted octanol–water partition coefficient (Wildman–Crippen LogP) is 2.35. The maximum atomic E-state index is 13.4. The van der Waals surface area contributed by atoms with Gasteiger partial charge in [-0.15, -0.1) is 0 Å². The van der Waals surface area contributed by atoms with E-state index in [1.165, 1.54) is 6.07 Å². The normalized spacial score (nSPS) is 23.1. The molecular weight excluding hydrogens is 257 g/mol. The number of rotatable bonds is 3. The largest absolute Gasteiger partial charge is 0.466 e. The SMILES string of the molecule is CCOC(=O)[C@@H]1CNC[C@@H]1c1cccc(F)c1Cl. The van der Waals surface area contributed by atoms with Crippen molar-refractivity contribution >= 4 is 17.6 Å². The lowest BCUT2D eigenvalue weighted by atomic mass is 9.89. The number of carbonyl (C=O) groups excluding carboxylic acids is 1. The molecule has 2 atom stereocenters. The van der Waals surface area contributed by atoms with Gasteiger partial charge in [0.25, 0.3) is 0 Å². The highest BCUT2D eigenvalue weighted by Gasteiger charge is 2.36. The quantitative estimate of drug-likeness (QED) is 0.858. The Morgan fingerprint density at radius 1 is 1.56 bits per heavy atom. The lowest BCUT2D eigenvalue weighted by Crippen LogP contribution is -2.24. The monoisotopic (exact) mass is 271 g/mol. The molecule has 1 N–H and O–H groups in total. The van der Waals surface area contributed by atoms with Gasteiger partial charge in [-0.3, -0.25) is 4.79 Å². The van der Waals surface area contributed by atoms with Gasteiger partial charge < -0.3 is 10.1 Å². The molecule has 98 valence electrons. The van der Waals surface area contributed by atoms with Crippen molar-refractivity contribution in [2.24, 2.45) is 5.92 Å². The first-order valence-electron chi connectivity index (χ1n) is 5.96. The molecule has 0 saturated carbocycles. The third-order valence-corrected chi connectivity index (χ3v) is 3.58. The van der Waals surface area contributed by atoms with Crippen LogP contribution in [0, 0.1) is 11.7 Å². The summed E-state index contributed by atoms with van der Waals surface area (Å²) in [4.78, 5) is 11.8. The number of esters is 1. The van der Waals surface area contributed by atoms with E-state index >= 15 is 0 Å². The Morgan fingerprint density at radius 2 is 2.33 bits per heavy atom. The minimum Gasteiger partial charge on any atom is -0.466 e. The van der Waals surface area contributed by atoms with E-state index in [4.69, 9.17) is 16.3 Å². The first kappa shape index (κ1) is 13.3. The molecule has 1 saturated heterocycles. The van der Waals surface area contributed by atoms with Gasteiger partial charge >= 0.3 is 5.97 Å². The van der Waals surface area contributed by atoms with Crippen molar-refractivity contribution in [3.05, 3.63) is 34.6 Å². The molecule has 0 bridgehead atoms. The molecule has 0 aliphatic carbocycles. The number of nitrogens with one attached hydrogen (secondary N) is 1. The molecule has 3 nitrogen and oxygen atoms in total. The smallest absolute Gasteiger partial charge is 0.310 e. The number of halogens is 2. The van der Waals surface area contributed by atoms with Crippen LogP contribution in [-0.2, 0) is 9.53 Å². The summed E-state index contributed by atoms with van der Waals surface area (Å²) in [5, 5.41) is 3.22. The molecule has 0 amide bonds. The maximum absolute atomic E-state index is 13.4. The zero-order valence-electron chi connectivity index (χ0n) is 10.1. The number of benzene rings is 1. The van der Waals surface area contributed by atoms with Crippen molar-refractivity contribution in [3.8, 4) is 0 Å². The summed E-state index contributed by atoms with van der Waals surface area (Å²) in [7, 11) is 0. The van der Waals surface area contributed by atoms with E-state index in [0.29, 0.717) is 25.3 Å². The number of hydrogen-bond acceptors (Lipinski definition) is 3. The molecular formula is C13H15ClFNO2. The highest BCUT2D eigenvalue weighted by Crippen LogP contribution is 2.34. The molecule has 1 aromatic rings. The van der Waals surface area contributed by atoms with Gasteiger partial charge in [0.2, 0.25) is 0 Å². The molecule has 0 spiro atoms. The molecule has 5 heteroatoms. The number of ether oxygens (including phenoxy) is 1. The fourth-order valence-electron chi connectivity index (χ4n) is 2.31. The average molecular weight is 272 g/mol. The molecule has 0 radical (unpaired) electrons. The van der Waals surface area contributed by atoms with Gasteiger partial charge in [-0.1, -0.05) is 23.7 Å². The van der Waals surface area contributed by atoms with Crippen molar-refractivity contribution in [3.63, 3.8) is 0 Å². The topological polar surface area (TPSA) is 38.3 Å². The van der Waals surface area contributed by atoms with Gasteiger partial charge in [0.05, 0.1) is 17.5 Å². The van der Waals surface area contributed by atoms with Crippen molar-refractivity contribution in [1.82, 2.24) is 5.32 Å². The molecule has 1 fully saturated rings. The van der Waals surface area contributed by atoms with E-state index in [2.05, 4.69) is 5.32 Å². The van der Waals surface area contributed by atoms with Gasteiger partial charge in [0, 0.05) is 19.0 Å². The van der Waals surface area contributed by atoms with Crippen LogP contribution in [0.1, 0.15) is 18.4 Å². The summed E-state index contributed by atoms with van der Waals surface area (Å²) in [6.45, 7) is 3.26. The molecule has 1 aliphatic rings. The second-order valence-electron chi connectivity index (χ2n) is 4.27. The second kappa shape index (κ2) is 5.67. The zero-order valence-corrected chi connectivity index (χ0v) is 10.8. The van der Waals surface area contributed by atoms with Crippen LogP contribution in [0.15, 0.2) is 18.2 Å².